The van der Waals surface area contributed by atoms with Crippen LogP contribution in [0.3, 0.4) is 0 Å². The molecule has 3 aromatic rings. The Bertz CT molecular complexity index is 1090. The van der Waals surface area contributed by atoms with E-state index in [9.17, 15) is 9.59 Å². The summed E-state index contributed by atoms with van der Waals surface area (Å²) in [6.45, 7) is 11.5. The van der Waals surface area contributed by atoms with Gasteiger partial charge in [0.1, 0.15) is 11.4 Å². The zero-order valence-electron chi connectivity index (χ0n) is 19.1. The molecule has 168 valence electrons. The number of rotatable bonds is 4. The van der Waals surface area contributed by atoms with Crippen molar-refractivity contribution in [1.29, 1.82) is 0 Å². The first-order chi connectivity index (χ1) is 14.9. The molecule has 0 atom stereocenters. The summed E-state index contributed by atoms with van der Waals surface area (Å²) in [5.41, 5.74) is 0.903. The van der Waals surface area contributed by atoms with Crippen LogP contribution in [0.4, 0.5) is 16.3 Å². The second-order valence-corrected chi connectivity index (χ2v) is 9.28. The normalized spacial score (nSPS) is 11.7. The van der Waals surface area contributed by atoms with E-state index < -0.39 is 11.7 Å². The van der Waals surface area contributed by atoms with E-state index >= 15 is 0 Å². The van der Waals surface area contributed by atoms with E-state index in [0.29, 0.717) is 23.0 Å². The second kappa shape index (κ2) is 8.78. The van der Waals surface area contributed by atoms with Crippen LogP contribution in [0.1, 0.15) is 57.6 Å². The minimum atomic E-state index is -0.596. The molecule has 3 rings (SSSR count). The molecule has 0 saturated heterocycles. The monoisotopic (exact) mass is 436 g/mol. The van der Waals surface area contributed by atoms with Crippen molar-refractivity contribution in [3.8, 4) is 5.95 Å². The zero-order chi connectivity index (χ0) is 23.5. The summed E-state index contributed by atoms with van der Waals surface area (Å²) in [6, 6.07) is 10.0. The molecule has 9 nitrogen and oxygen atoms in total. The van der Waals surface area contributed by atoms with Crippen molar-refractivity contribution in [2.24, 2.45) is 0 Å². The van der Waals surface area contributed by atoms with Crippen LogP contribution in [-0.4, -0.2) is 37.3 Å². The van der Waals surface area contributed by atoms with Crippen LogP contribution in [-0.2, 0) is 10.2 Å². The Balaban J connectivity index is 1.78. The topological polar surface area (TPSA) is 111 Å². The summed E-state index contributed by atoms with van der Waals surface area (Å²) in [5, 5.41) is 10.1. The molecule has 2 N–H and O–H groups in total. The lowest BCUT2D eigenvalue weighted by atomic mass is 9.92. The number of hydrogen-bond acceptors (Lipinski definition) is 6. The highest BCUT2D eigenvalue weighted by Crippen LogP contribution is 2.25. The molecule has 2 heterocycles. The number of nitrogens with one attached hydrogen (secondary N) is 2. The van der Waals surface area contributed by atoms with Crippen molar-refractivity contribution in [2.45, 2.75) is 52.6 Å². The summed E-state index contributed by atoms with van der Waals surface area (Å²) in [6.07, 6.45) is 2.67. The first kappa shape index (κ1) is 22.9. The molecule has 2 amide bonds. The molecule has 0 aliphatic heterocycles. The summed E-state index contributed by atoms with van der Waals surface area (Å²) in [5.74, 6) is 0.489. The molecule has 9 heteroatoms. The van der Waals surface area contributed by atoms with Gasteiger partial charge >= 0.3 is 6.09 Å². The van der Waals surface area contributed by atoms with Crippen LogP contribution in [0.2, 0.25) is 0 Å². The number of carbonyl (C=O) groups is 2. The van der Waals surface area contributed by atoms with Crippen LogP contribution < -0.4 is 10.6 Å². The number of ether oxygens (including phenoxy) is 1. The van der Waals surface area contributed by atoms with Gasteiger partial charge in [-0.25, -0.2) is 14.8 Å². The molecular formula is C23H28N6O3. The summed E-state index contributed by atoms with van der Waals surface area (Å²) >= 11 is 0. The number of benzene rings is 1. The molecular weight excluding hydrogens is 408 g/mol. The van der Waals surface area contributed by atoms with Gasteiger partial charge in [0.25, 0.3) is 11.9 Å². The number of aromatic nitrogens is 4. The van der Waals surface area contributed by atoms with Crippen molar-refractivity contribution in [3.63, 3.8) is 0 Å². The van der Waals surface area contributed by atoms with Gasteiger partial charge in [0, 0.05) is 35.1 Å². The molecule has 0 fully saturated rings. The lowest BCUT2D eigenvalue weighted by molar-refractivity contribution is 0.0636. The Morgan fingerprint density at radius 3 is 2.12 bits per heavy atom. The Morgan fingerprint density at radius 1 is 0.938 bits per heavy atom. The van der Waals surface area contributed by atoms with Crippen molar-refractivity contribution in [2.75, 3.05) is 10.6 Å². The highest BCUT2D eigenvalue weighted by molar-refractivity contribution is 6.04. The van der Waals surface area contributed by atoms with Gasteiger partial charge in [0.05, 0.1) is 5.69 Å². The summed E-state index contributed by atoms with van der Waals surface area (Å²) < 4.78 is 6.74. The number of nitrogens with zero attached hydrogens (tertiary/aromatic N) is 4. The van der Waals surface area contributed by atoms with Gasteiger partial charge in [-0.15, -0.1) is 0 Å². The molecule has 0 aliphatic carbocycles. The van der Waals surface area contributed by atoms with Gasteiger partial charge in [-0.2, -0.15) is 9.78 Å². The van der Waals surface area contributed by atoms with Gasteiger partial charge in [-0.05, 0) is 51.1 Å². The minimum Gasteiger partial charge on any atom is -0.444 e. The third-order valence-electron chi connectivity index (χ3n) is 4.25. The largest absolute Gasteiger partial charge is 0.444 e. The third-order valence-corrected chi connectivity index (χ3v) is 4.25. The van der Waals surface area contributed by atoms with Crippen LogP contribution in [0.5, 0.6) is 0 Å². The number of anilines is 2. The van der Waals surface area contributed by atoms with Crippen LogP contribution in [0, 0.1) is 0 Å². The fourth-order valence-corrected chi connectivity index (χ4v) is 2.70. The van der Waals surface area contributed by atoms with Crippen molar-refractivity contribution >= 4 is 23.5 Å². The molecule has 32 heavy (non-hydrogen) atoms. The van der Waals surface area contributed by atoms with E-state index in [1.165, 1.54) is 4.68 Å². The summed E-state index contributed by atoms with van der Waals surface area (Å²) in [4.78, 5) is 33.3. The van der Waals surface area contributed by atoms with Crippen LogP contribution >= 0.6 is 0 Å². The first-order valence-electron chi connectivity index (χ1n) is 10.2. The van der Waals surface area contributed by atoms with Crippen LogP contribution in [0.15, 0.2) is 48.8 Å². The smallest absolute Gasteiger partial charge is 0.412 e. The number of carbonyl (C=O) groups excluding carboxylic acids is 2. The Hall–Kier alpha value is -3.75. The maximum atomic E-state index is 12.9. The summed E-state index contributed by atoms with van der Waals surface area (Å²) in [7, 11) is 0. The van der Waals surface area contributed by atoms with Crippen molar-refractivity contribution in [3.05, 3.63) is 60.0 Å². The van der Waals surface area contributed by atoms with E-state index in [2.05, 4.69) is 25.7 Å². The SMILES string of the molecule is CC(C)(C)OC(=O)Nc1ccc(C(=O)Nc2cc(C(C)(C)C)nn2-c2ncccn2)cc1. The van der Waals surface area contributed by atoms with E-state index in [-0.39, 0.29) is 11.3 Å². The maximum Gasteiger partial charge on any atom is 0.412 e. The predicted octanol–water partition coefficient (Wildman–Crippen LogP) is 4.56. The lowest BCUT2D eigenvalue weighted by Crippen LogP contribution is -2.27. The molecule has 0 aliphatic rings. The lowest BCUT2D eigenvalue weighted by Gasteiger charge is -2.19. The zero-order valence-corrected chi connectivity index (χ0v) is 19.1. The highest BCUT2D eigenvalue weighted by Gasteiger charge is 2.23. The standard InChI is InChI=1S/C23H28N6O3/c1-22(2,3)17-14-18(29(28-17)20-24-12-7-13-25-20)27-19(30)15-8-10-16(11-9-15)26-21(31)32-23(4,5)6/h7-14H,1-6H3,(H,26,31)(H,27,30). The Morgan fingerprint density at radius 2 is 1.56 bits per heavy atom. The average Bonchev–Trinajstić information content (AvgIpc) is 3.12. The van der Waals surface area contributed by atoms with E-state index in [1.54, 1.807) is 63.5 Å². The van der Waals surface area contributed by atoms with Gasteiger partial charge in [0.2, 0.25) is 0 Å². The average molecular weight is 437 g/mol. The fourth-order valence-electron chi connectivity index (χ4n) is 2.70. The molecule has 1 aromatic carbocycles. The Kier molecular flexibility index (Phi) is 6.29. The van der Waals surface area contributed by atoms with Gasteiger partial charge in [-0.3, -0.25) is 10.1 Å². The molecule has 0 saturated carbocycles. The molecule has 0 unspecified atom stereocenters. The van der Waals surface area contributed by atoms with Crippen LogP contribution in [0.25, 0.3) is 5.95 Å². The van der Waals surface area contributed by atoms with Crippen molar-refractivity contribution < 1.29 is 14.3 Å². The maximum absolute atomic E-state index is 12.9. The molecule has 0 spiro atoms. The quantitative estimate of drug-likeness (QED) is 0.620. The predicted molar refractivity (Wildman–Crippen MR) is 122 cm³/mol. The van der Waals surface area contributed by atoms with Gasteiger partial charge in [-0.1, -0.05) is 20.8 Å². The third kappa shape index (κ3) is 5.90. The van der Waals surface area contributed by atoms with E-state index in [4.69, 9.17) is 4.74 Å². The van der Waals surface area contributed by atoms with E-state index in [0.717, 1.165) is 5.69 Å². The van der Waals surface area contributed by atoms with Crippen molar-refractivity contribution in [1.82, 2.24) is 19.7 Å². The van der Waals surface area contributed by atoms with E-state index in [1.807, 2.05) is 26.8 Å². The number of amides is 2. The molecule has 0 radical (unpaired) electrons. The fraction of sp³-hybridized carbons (Fsp3) is 0.348. The van der Waals surface area contributed by atoms with Gasteiger partial charge < -0.3 is 10.1 Å². The molecule has 2 aromatic heterocycles. The second-order valence-electron chi connectivity index (χ2n) is 9.28. The molecule has 0 bridgehead atoms. The number of hydrogen-bond donors (Lipinski definition) is 2. The highest BCUT2D eigenvalue weighted by atomic mass is 16.6. The Labute approximate surface area is 187 Å². The first-order valence-corrected chi connectivity index (χ1v) is 10.2. The van der Waals surface area contributed by atoms with Gasteiger partial charge in [0.15, 0.2) is 0 Å². The minimum absolute atomic E-state index is 0.228.